The smallest absolute Gasteiger partial charge is 0.257 e. The van der Waals surface area contributed by atoms with Crippen LogP contribution in [-0.4, -0.2) is 37.6 Å². The Bertz CT molecular complexity index is 773. The Kier molecular flexibility index (Phi) is 5.94. The highest BCUT2D eigenvalue weighted by Crippen LogP contribution is 2.36. The summed E-state index contributed by atoms with van der Waals surface area (Å²) in [4.78, 5) is 28.7. The van der Waals surface area contributed by atoms with E-state index in [9.17, 15) is 9.59 Å². The van der Waals surface area contributed by atoms with E-state index in [-0.39, 0.29) is 11.8 Å². The normalized spacial score (nSPS) is 10.1. The highest BCUT2D eigenvalue weighted by atomic mass is 16.5. The minimum Gasteiger partial charge on any atom is -0.493 e. The highest BCUT2D eigenvalue weighted by Gasteiger charge is 2.18. The van der Waals surface area contributed by atoms with Gasteiger partial charge in [-0.3, -0.25) is 14.6 Å². The van der Waals surface area contributed by atoms with Gasteiger partial charge in [0.25, 0.3) is 11.8 Å². The zero-order chi connectivity index (χ0) is 18.4. The summed E-state index contributed by atoms with van der Waals surface area (Å²) in [5.41, 5.74) is 1.91. The SMILES string of the molecule is CCNC(=O)c1cc(NC(=O)c2ccc(C)nc2)c(OC)c(OC)c1. The minimum absolute atomic E-state index is 0.268. The molecular formula is C18H21N3O4. The third-order valence-electron chi connectivity index (χ3n) is 3.50. The molecule has 0 aliphatic heterocycles. The van der Waals surface area contributed by atoms with Gasteiger partial charge in [-0.1, -0.05) is 0 Å². The van der Waals surface area contributed by atoms with Gasteiger partial charge in [-0.05, 0) is 38.1 Å². The largest absolute Gasteiger partial charge is 0.493 e. The summed E-state index contributed by atoms with van der Waals surface area (Å²) in [6, 6.07) is 6.53. The molecule has 7 nitrogen and oxygen atoms in total. The molecule has 0 bridgehead atoms. The molecule has 25 heavy (non-hydrogen) atoms. The van der Waals surface area contributed by atoms with Gasteiger partial charge in [0.2, 0.25) is 0 Å². The number of pyridine rings is 1. The summed E-state index contributed by atoms with van der Waals surface area (Å²) in [6.45, 7) is 4.15. The molecule has 1 heterocycles. The van der Waals surface area contributed by atoms with Crippen LogP contribution in [0, 0.1) is 6.92 Å². The van der Waals surface area contributed by atoms with Crippen LogP contribution in [0.15, 0.2) is 30.5 Å². The number of nitrogens with zero attached hydrogens (tertiary/aromatic N) is 1. The molecule has 7 heteroatoms. The molecule has 1 aromatic heterocycles. The molecule has 0 saturated heterocycles. The van der Waals surface area contributed by atoms with E-state index in [4.69, 9.17) is 9.47 Å². The maximum atomic E-state index is 12.5. The minimum atomic E-state index is -0.360. The van der Waals surface area contributed by atoms with Crippen molar-refractivity contribution in [3.8, 4) is 11.5 Å². The lowest BCUT2D eigenvalue weighted by Crippen LogP contribution is -2.23. The summed E-state index contributed by atoms with van der Waals surface area (Å²) in [5, 5.41) is 5.46. The monoisotopic (exact) mass is 343 g/mol. The summed E-state index contributed by atoms with van der Waals surface area (Å²) in [5.74, 6) is 0.0596. The fourth-order valence-electron chi connectivity index (χ4n) is 2.25. The molecular weight excluding hydrogens is 322 g/mol. The van der Waals surface area contributed by atoms with Crippen molar-refractivity contribution in [2.45, 2.75) is 13.8 Å². The second-order valence-electron chi connectivity index (χ2n) is 5.26. The van der Waals surface area contributed by atoms with E-state index in [0.29, 0.717) is 34.9 Å². The average molecular weight is 343 g/mol. The van der Waals surface area contributed by atoms with Crippen molar-refractivity contribution < 1.29 is 19.1 Å². The molecule has 0 unspecified atom stereocenters. The molecule has 0 spiro atoms. The van der Waals surface area contributed by atoms with E-state index in [2.05, 4.69) is 15.6 Å². The predicted molar refractivity (Wildman–Crippen MR) is 94.5 cm³/mol. The van der Waals surface area contributed by atoms with E-state index >= 15 is 0 Å². The van der Waals surface area contributed by atoms with E-state index in [1.807, 2.05) is 13.8 Å². The molecule has 0 aliphatic carbocycles. The first-order valence-corrected chi connectivity index (χ1v) is 7.78. The molecule has 0 atom stereocenters. The molecule has 0 aliphatic rings. The van der Waals surface area contributed by atoms with Crippen LogP contribution in [0.25, 0.3) is 0 Å². The maximum Gasteiger partial charge on any atom is 0.257 e. The van der Waals surface area contributed by atoms with Crippen molar-refractivity contribution in [3.05, 3.63) is 47.3 Å². The number of carbonyl (C=O) groups excluding carboxylic acids is 2. The van der Waals surface area contributed by atoms with E-state index < -0.39 is 0 Å². The zero-order valence-corrected chi connectivity index (χ0v) is 14.7. The van der Waals surface area contributed by atoms with Gasteiger partial charge in [0.05, 0.1) is 25.5 Å². The van der Waals surface area contributed by atoms with Gasteiger partial charge in [0.15, 0.2) is 11.5 Å². The number of hydrogen-bond acceptors (Lipinski definition) is 5. The van der Waals surface area contributed by atoms with Gasteiger partial charge < -0.3 is 20.1 Å². The van der Waals surface area contributed by atoms with Crippen molar-refractivity contribution >= 4 is 17.5 Å². The number of ether oxygens (including phenoxy) is 2. The zero-order valence-electron chi connectivity index (χ0n) is 14.7. The predicted octanol–water partition coefficient (Wildman–Crippen LogP) is 2.41. The van der Waals surface area contributed by atoms with Gasteiger partial charge in [-0.25, -0.2) is 0 Å². The molecule has 2 aromatic rings. The molecule has 2 rings (SSSR count). The van der Waals surface area contributed by atoms with Crippen molar-refractivity contribution in [2.24, 2.45) is 0 Å². The van der Waals surface area contributed by atoms with Crippen LogP contribution in [0.2, 0.25) is 0 Å². The van der Waals surface area contributed by atoms with Crippen molar-refractivity contribution in [2.75, 3.05) is 26.1 Å². The Labute approximate surface area is 146 Å². The van der Waals surface area contributed by atoms with Gasteiger partial charge >= 0.3 is 0 Å². The lowest BCUT2D eigenvalue weighted by molar-refractivity contribution is 0.0954. The Balaban J connectivity index is 2.39. The number of amides is 2. The summed E-state index contributed by atoms with van der Waals surface area (Å²) < 4.78 is 10.6. The quantitative estimate of drug-likeness (QED) is 0.841. The van der Waals surface area contributed by atoms with Crippen LogP contribution >= 0.6 is 0 Å². The Morgan fingerprint density at radius 3 is 2.40 bits per heavy atom. The van der Waals surface area contributed by atoms with E-state index in [1.165, 1.54) is 20.4 Å². The fourth-order valence-corrected chi connectivity index (χ4v) is 2.25. The third kappa shape index (κ3) is 4.26. The first kappa shape index (κ1) is 18.3. The summed E-state index contributed by atoms with van der Waals surface area (Å²) >= 11 is 0. The number of carbonyl (C=O) groups is 2. The van der Waals surface area contributed by atoms with E-state index in [0.717, 1.165) is 5.69 Å². The number of nitrogens with one attached hydrogen (secondary N) is 2. The van der Waals surface area contributed by atoms with Crippen LogP contribution in [0.1, 0.15) is 33.3 Å². The molecule has 0 saturated carbocycles. The number of aromatic nitrogens is 1. The third-order valence-corrected chi connectivity index (χ3v) is 3.50. The van der Waals surface area contributed by atoms with Crippen LogP contribution in [0.3, 0.4) is 0 Å². The van der Waals surface area contributed by atoms with Gasteiger partial charge in [-0.2, -0.15) is 0 Å². The molecule has 0 radical (unpaired) electrons. The number of benzene rings is 1. The van der Waals surface area contributed by atoms with Gasteiger partial charge in [0, 0.05) is 24.0 Å². The summed E-state index contributed by atoms with van der Waals surface area (Å²) in [6.07, 6.45) is 1.49. The van der Waals surface area contributed by atoms with Crippen molar-refractivity contribution in [1.29, 1.82) is 0 Å². The van der Waals surface area contributed by atoms with Gasteiger partial charge in [-0.15, -0.1) is 0 Å². The summed E-state index contributed by atoms with van der Waals surface area (Å²) in [7, 11) is 2.93. The lowest BCUT2D eigenvalue weighted by atomic mass is 10.1. The molecule has 132 valence electrons. The standard InChI is InChI=1S/C18H21N3O4/c1-5-19-17(22)13-8-14(16(25-4)15(9-13)24-3)21-18(23)12-7-6-11(2)20-10-12/h6-10H,5H2,1-4H3,(H,19,22)(H,21,23). The first-order valence-electron chi connectivity index (χ1n) is 7.78. The average Bonchev–Trinajstić information content (AvgIpc) is 2.61. The Hall–Kier alpha value is -3.09. The highest BCUT2D eigenvalue weighted by molar-refractivity contribution is 6.06. The van der Waals surface area contributed by atoms with E-state index in [1.54, 1.807) is 24.3 Å². The first-order chi connectivity index (χ1) is 12.0. The molecule has 2 amide bonds. The van der Waals surface area contributed by atoms with Crippen LogP contribution in [0.5, 0.6) is 11.5 Å². The molecule has 1 aromatic carbocycles. The van der Waals surface area contributed by atoms with Crippen molar-refractivity contribution in [3.63, 3.8) is 0 Å². The molecule has 0 fully saturated rings. The number of rotatable bonds is 6. The van der Waals surface area contributed by atoms with Crippen LogP contribution < -0.4 is 20.1 Å². The molecule has 2 N–H and O–H groups in total. The fraction of sp³-hybridized carbons (Fsp3) is 0.278. The topological polar surface area (TPSA) is 89.6 Å². The number of anilines is 1. The van der Waals surface area contributed by atoms with Crippen molar-refractivity contribution in [1.82, 2.24) is 10.3 Å². The lowest BCUT2D eigenvalue weighted by Gasteiger charge is -2.15. The number of hydrogen-bond donors (Lipinski definition) is 2. The second-order valence-corrected chi connectivity index (χ2v) is 5.26. The number of aryl methyl sites for hydroxylation is 1. The maximum absolute atomic E-state index is 12.5. The Morgan fingerprint density at radius 1 is 1.08 bits per heavy atom. The van der Waals surface area contributed by atoms with Gasteiger partial charge in [0.1, 0.15) is 0 Å². The van der Waals surface area contributed by atoms with Crippen LogP contribution in [-0.2, 0) is 0 Å². The Morgan fingerprint density at radius 2 is 1.84 bits per heavy atom. The van der Waals surface area contributed by atoms with Crippen LogP contribution in [0.4, 0.5) is 5.69 Å². The second kappa shape index (κ2) is 8.14. The number of methoxy groups -OCH3 is 2.